The van der Waals surface area contributed by atoms with E-state index < -0.39 is 0 Å². The van der Waals surface area contributed by atoms with Crippen LogP contribution in [0.15, 0.2) is 83.5 Å². The van der Waals surface area contributed by atoms with Crippen molar-refractivity contribution in [2.45, 2.75) is 0 Å². The van der Waals surface area contributed by atoms with Crippen LogP contribution < -0.4 is 0 Å². The van der Waals surface area contributed by atoms with Crippen LogP contribution in [0.5, 0.6) is 0 Å². The van der Waals surface area contributed by atoms with Crippen molar-refractivity contribution in [2.24, 2.45) is 0 Å². The standard InChI is InChI=1S/C20H14BrNO/c21-20-11-5-10-18(22-20)19(23)13-12-15-6-4-9-17(14-15)16-7-2-1-3-8-16/h1-14H/b13-12+. The molecule has 0 atom stereocenters. The summed E-state index contributed by atoms with van der Waals surface area (Å²) in [6.45, 7) is 0. The van der Waals surface area contributed by atoms with Crippen molar-refractivity contribution in [1.29, 1.82) is 0 Å². The molecule has 0 radical (unpaired) electrons. The molecule has 1 aromatic heterocycles. The van der Waals surface area contributed by atoms with Gasteiger partial charge in [0.25, 0.3) is 0 Å². The van der Waals surface area contributed by atoms with Gasteiger partial charge in [0.1, 0.15) is 10.3 Å². The summed E-state index contributed by atoms with van der Waals surface area (Å²) in [5.41, 5.74) is 3.69. The molecule has 2 aromatic carbocycles. The van der Waals surface area contributed by atoms with Crippen LogP contribution in [-0.2, 0) is 0 Å². The zero-order valence-corrected chi connectivity index (χ0v) is 13.9. The monoisotopic (exact) mass is 363 g/mol. The third-order valence-corrected chi connectivity index (χ3v) is 3.83. The molecule has 0 bridgehead atoms. The van der Waals surface area contributed by atoms with Gasteiger partial charge in [-0.05, 0) is 56.9 Å². The highest BCUT2D eigenvalue weighted by atomic mass is 79.9. The summed E-state index contributed by atoms with van der Waals surface area (Å²) in [6.07, 6.45) is 3.37. The van der Waals surface area contributed by atoms with Crippen molar-refractivity contribution in [3.63, 3.8) is 0 Å². The van der Waals surface area contributed by atoms with Crippen molar-refractivity contribution in [2.75, 3.05) is 0 Å². The molecule has 0 N–H and O–H groups in total. The zero-order valence-electron chi connectivity index (χ0n) is 12.3. The van der Waals surface area contributed by atoms with E-state index in [1.54, 1.807) is 24.3 Å². The smallest absolute Gasteiger partial charge is 0.204 e. The SMILES string of the molecule is O=C(/C=C/c1cccc(-c2ccccc2)c1)c1cccc(Br)n1. The van der Waals surface area contributed by atoms with E-state index in [9.17, 15) is 4.79 Å². The Morgan fingerprint density at radius 2 is 1.61 bits per heavy atom. The molecular weight excluding hydrogens is 350 g/mol. The second-order valence-electron chi connectivity index (χ2n) is 5.03. The van der Waals surface area contributed by atoms with Crippen LogP contribution >= 0.6 is 15.9 Å². The number of ketones is 1. The first-order valence-corrected chi connectivity index (χ1v) is 8.02. The van der Waals surface area contributed by atoms with Crippen molar-refractivity contribution in [1.82, 2.24) is 4.98 Å². The van der Waals surface area contributed by atoms with Gasteiger partial charge in [0.05, 0.1) is 0 Å². The van der Waals surface area contributed by atoms with E-state index in [-0.39, 0.29) is 5.78 Å². The molecule has 2 nitrogen and oxygen atoms in total. The Morgan fingerprint density at radius 3 is 2.39 bits per heavy atom. The minimum atomic E-state index is -0.114. The molecule has 0 saturated carbocycles. The Balaban J connectivity index is 1.82. The van der Waals surface area contributed by atoms with Crippen LogP contribution in [-0.4, -0.2) is 10.8 Å². The van der Waals surface area contributed by atoms with Gasteiger partial charge in [0, 0.05) is 0 Å². The van der Waals surface area contributed by atoms with Crippen LogP contribution in [0, 0.1) is 0 Å². The lowest BCUT2D eigenvalue weighted by Gasteiger charge is -2.02. The Hall–Kier alpha value is -2.52. The van der Waals surface area contributed by atoms with Gasteiger partial charge in [-0.15, -0.1) is 0 Å². The van der Waals surface area contributed by atoms with Gasteiger partial charge in [-0.1, -0.05) is 60.7 Å². The first-order valence-electron chi connectivity index (χ1n) is 7.23. The lowest BCUT2D eigenvalue weighted by molar-refractivity contribution is 0.104. The van der Waals surface area contributed by atoms with Gasteiger partial charge >= 0.3 is 0 Å². The third-order valence-electron chi connectivity index (χ3n) is 3.39. The molecule has 0 fully saturated rings. The average molecular weight is 364 g/mol. The van der Waals surface area contributed by atoms with Crippen LogP contribution in [0.3, 0.4) is 0 Å². The maximum atomic E-state index is 12.2. The second kappa shape index (κ2) is 7.16. The highest BCUT2D eigenvalue weighted by Gasteiger charge is 2.03. The normalized spacial score (nSPS) is 10.8. The number of hydrogen-bond acceptors (Lipinski definition) is 2. The van der Waals surface area contributed by atoms with Gasteiger partial charge < -0.3 is 0 Å². The maximum absolute atomic E-state index is 12.2. The van der Waals surface area contributed by atoms with E-state index in [4.69, 9.17) is 0 Å². The number of pyridine rings is 1. The summed E-state index contributed by atoms with van der Waals surface area (Å²) in [5, 5.41) is 0. The number of hydrogen-bond donors (Lipinski definition) is 0. The Morgan fingerprint density at radius 1 is 0.870 bits per heavy atom. The van der Waals surface area contributed by atoms with Gasteiger partial charge in [-0.25, -0.2) is 4.98 Å². The topological polar surface area (TPSA) is 30.0 Å². The molecule has 0 amide bonds. The minimum absolute atomic E-state index is 0.114. The number of carbonyl (C=O) groups excluding carboxylic acids is 1. The number of nitrogens with zero attached hydrogens (tertiary/aromatic N) is 1. The van der Waals surface area contributed by atoms with Crippen LogP contribution in [0.25, 0.3) is 17.2 Å². The average Bonchev–Trinajstić information content (AvgIpc) is 2.61. The fourth-order valence-corrected chi connectivity index (χ4v) is 2.60. The van der Waals surface area contributed by atoms with E-state index in [1.807, 2.05) is 36.4 Å². The summed E-state index contributed by atoms with van der Waals surface area (Å²) in [5.74, 6) is -0.114. The predicted octanol–water partition coefficient (Wildman–Crippen LogP) is 5.41. The van der Waals surface area contributed by atoms with E-state index in [0.29, 0.717) is 10.3 Å². The predicted molar refractivity (Wildman–Crippen MR) is 97.2 cm³/mol. The number of halogens is 1. The minimum Gasteiger partial charge on any atom is -0.288 e. The zero-order chi connectivity index (χ0) is 16.1. The molecule has 1 heterocycles. The highest BCUT2D eigenvalue weighted by molar-refractivity contribution is 9.10. The van der Waals surface area contributed by atoms with Gasteiger partial charge in [0.2, 0.25) is 5.78 Å². The Labute approximate surface area is 143 Å². The summed E-state index contributed by atoms with van der Waals surface area (Å²) in [7, 11) is 0. The Bertz CT molecular complexity index is 856. The second-order valence-corrected chi connectivity index (χ2v) is 5.85. The fourth-order valence-electron chi connectivity index (χ4n) is 2.26. The van der Waals surface area contributed by atoms with Gasteiger partial charge in [-0.2, -0.15) is 0 Å². The molecule has 3 rings (SSSR count). The highest BCUT2D eigenvalue weighted by Crippen LogP contribution is 2.20. The molecule has 0 unspecified atom stereocenters. The lowest BCUT2D eigenvalue weighted by atomic mass is 10.0. The van der Waals surface area contributed by atoms with Crippen LogP contribution in [0.2, 0.25) is 0 Å². The molecule has 0 aliphatic rings. The lowest BCUT2D eigenvalue weighted by Crippen LogP contribution is -1.97. The van der Waals surface area contributed by atoms with Crippen LogP contribution in [0.1, 0.15) is 16.1 Å². The number of benzene rings is 2. The maximum Gasteiger partial charge on any atom is 0.204 e. The van der Waals surface area contributed by atoms with Crippen molar-refractivity contribution >= 4 is 27.8 Å². The first kappa shape index (κ1) is 15.4. The summed E-state index contributed by atoms with van der Waals surface area (Å²) in [4.78, 5) is 16.3. The molecular formula is C20H14BrNO. The molecule has 0 spiro atoms. The third kappa shape index (κ3) is 4.02. The van der Waals surface area contributed by atoms with E-state index >= 15 is 0 Å². The van der Waals surface area contributed by atoms with Crippen LogP contribution in [0.4, 0.5) is 0 Å². The molecule has 112 valence electrons. The van der Waals surface area contributed by atoms with Crippen molar-refractivity contribution in [3.8, 4) is 11.1 Å². The Kier molecular flexibility index (Phi) is 4.79. The summed E-state index contributed by atoms with van der Waals surface area (Å²) < 4.78 is 0.655. The molecule has 23 heavy (non-hydrogen) atoms. The summed E-state index contributed by atoms with van der Waals surface area (Å²) >= 11 is 3.27. The van der Waals surface area contributed by atoms with E-state index in [2.05, 4.69) is 45.2 Å². The quantitative estimate of drug-likeness (QED) is 0.352. The van der Waals surface area contributed by atoms with Crippen molar-refractivity contribution in [3.05, 3.63) is 94.7 Å². The largest absolute Gasteiger partial charge is 0.288 e. The number of carbonyl (C=O) groups is 1. The van der Waals surface area contributed by atoms with E-state index in [0.717, 1.165) is 16.7 Å². The molecule has 3 aromatic rings. The number of aromatic nitrogens is 1. The van der Waals surface area contributed by atoms with Crippen molar-refractivity contribution < 1.29 is 4.79 Å². The van der Waals surface area contributed by atoms with Gasteiger partial charge in [0.15, 0.2) is 0 Å². The molecule has 0 aliphatic heterocycles. The summed E-state index contributed by atoms with van der Waals surface area (Å²) in [6, 6.07) is 23.6. The molecule has 0 saturated heterocycles. The number of allylic oxidation sites excluding steroid dienone is 1. The fraction of sp³-hybridized carbons (Fsp3) is 0. The molecule has 0 aliphatic carbocycles. The first-order chi connectivity index (χ1) is 11.2. The van der Waals surface area contributed by atoms with E-state index in [1.165, 1.54) is 0 Å². The number of rotatable bonds is 4. The van der Waals surface area contributed by atoms with Gasteiger partial charge in [-0.3, -0.25) is 4.79 Å². The molecule has 3 heteroatoms.